The van der Waals surface area contributed by atoms with E-state index in [0.29, 0.717) is 37.7 Å². The predicted molar refractivity (Wildman–Crippen MR) is 91.5 cm³/mol. The molecule has 0 spiro atoms. The van der Waals surface area contributed by atoms with E-state index in [1.165, 1.54) is 5.56 Å². The fourth-order valence-electron chi connectivity index (χ4n) is 3.20. The Hall–Kier alpha value is -2.37. The second-order valence-corrected chi connectivity index (χ2v) is 7.03. The van der Waals surface area contributed by atoms with Crippen LogP contribution in [0.25, 0.3) is 0 Å². The standard InChI is InChI=1S/C19H23N3O3/c1-11-6-9-14-15(10-24-18(14)12(11)2)20-16(23)4-3-5-17-21-19(22-25-17)13-7-8-13/h6,9,13,15H,3-5,7-8,10H2,1-2H3,(H,20,23)/t15-/m0/s1. The van der Waals surface area contributed by atoms with Crippen LogP contribution in [0.4, 0.5) is 0 Å². The van der Waals surface area contributed by atoms with Crippen LogP contribution in [0.1, 0.15) is 66.0 Å². The molecule has 25 heavy (non-hydrogen) atoms. The van der Waals surface area contributed by atoms with Crippen LogP contribution >= 0.6 is 0 Å². The van der Waals surface area contributed by atoms with Crippen LogP contribution in [-0.4, -0.2) is 22.7 Å². The van der Waals surface area contributed by atoms with Crippen LogP contribution in [0.3, 0.4) is 0 Å². The third-order valence-electron chi connectivity index (χ3n) is 5.03. The lowest BCUT2D eigenvalue weighted by Gasteiger charge is -2.12. The summed E-state index contributed by atoms with van der Waals surface area (Å²) in [5.41, 5.74) is 3.43. The van der Waals surface area contributed by atoms with Crippen molar-refractivity contribution in [2.45, 2.75) is 57.9 Å². The van der Waals surface area contributed by atoms with Crippen molar-refractivity contribution in [1.82, 2.24) is 15.5 Å². The molecule has 6 nitrogen and oxygen atoms in total. The molecule has 1 aliphatic heterocycles. The molecule has 1 aromatic carbocycles. The minimum atomic E-state index is -0.0633. The summed E-state index contributed by atoms with van der Waals surface area (Å²) in [7, 11) is 0. The quantitative estimate of drug-likeness (QED) is 0.873. The fraction of sp³-hybridized carbons (Fsp3) is 0.526. The van der Waals surface area contributed by atoms with Crippen LogP contribution in [0.2, 0.25) is 0 Å². The molecular formula is C19H23N3O3. The Morgan fingerprint density at radius 2 is 2.16 bits per heavy atom. The zero-order chi connectivity index (χ0) is 17.4. The van der Waals surface area contributed by atoms with Gasteiger partial charge in [-0.3, -0.25) is 4.79 Å². The number of aromatic nitrogens is 2. The molecule has 1 amide bonds. The first-order chi connectivity index (χ1) is 12.1. The van der Waals surface area contributed by atoms with E-state index in [2.05, 4.69) is 35.4 Å². The number of ether oxygens (including phenoxy) is 1. The molecule has 1 aliphatic carbocycles. The van der Waals surface area contributed by atoms with Crippen molar-refractivity contribution in [1.29, 1.82) is 0 Å². The SMILES string of the molecule is Cc1ccc2c(c1C)OC[C@@H]2NC(=O)CCCc1nc(C2CC2)no1. The topological polar surface area (TPSA) is 77.2 Å². The molecule has 132 valence electrons. The molecule has 0 unspecified atom stereocenters. The molecule has 1 aromatic heterocycles. The first kappa shape index (κ1) is 16.1. The largest absolute Gasteiger partial charge is 0.490 e. The van der Waals surface area contributed by atoms with Crippen LogP contribution in [0.15, 0.2) is 16.7 Å². The Kier molecular flexibility index (Phi) is 4.19. The second-order valence-electron chi connectivity index (χ2n) is 7.03. The molecule has 6 heteroatoms. The number of fused-ring (bicyclic) bond motifs is 1. The summed E-state index contributed by atoms with van der Waals surface area (Å²) in [5, 5.41) is 7.07. The molecule has 1 fully saturated rings. The van der Waals surface area contributed by atoms with E-state index in [1.807, 2.05) is 6.07 Å². The van der Waals surface area contributed by atoms with E-state index >= 15 is 0 Å². The average molecular weight is 341 g/mol. The maximum atomic E-state index is 12.2. The lowest BCUT2D eigenvalue weighted by molar-refractivity contribution is -0.122. The zero-order valence-corrected chi connectivity index (χ0v) is 14.7. The van der Waals surface area contributed by atoms with Gasteiger partial charge in [-0.05, 0) is 44.2 Å². The summed E-state index contributed by atoms with van der Waals surface area (Å²) >= 11 is 0. The number of nitrogens with zero attached hydrogens (tertiary/aromatic N) is 2. The monoisotopic (exact) mass is 341 g/mol. The van der Waals surface area contributed by atoms with E-state index < -0.39 is 0 Å². The number of carbonyl (C=O) groups excluding carboxylic acids is 1. The first-order valence-corrected chi connectivity index (χ1v) is 8.96. The third-order valence-corrected chi connectivity index (χ3v) is 5.03. The number of hydrogen-bond acceptors (Lipinski definition) is 5. The van der Waals surface area contributed by atoms with Crippen molar-refractivity contribution in [3.8, 4) is 5.75 Å². The van der Waals surface area contributed by atoms with Gasteiger partial charge in [-0.1, -0.05) is 17.3 Å². The Morgan fingerprint density at radius 1 is 1.32 bits per heavy atom. The first-order valence-electron chi connectivity index (χ1n) is 8.96. The third kappa shape index (κ3) is 3.38. The maximum absolute atomic E-state index is 12.2. The Balaban J connectivity index is 1.28. The highest BCUT2D eigenvalue weighted by molar-refractivity contribution is 5.76. The molecule has 1 atom stereocenters. The predicted octanol–water partition coefficient (Wildman–Crippen LogP) is 3.14. The summed E-state index contributed by atoms with van der Waals surface area (Å²) in [6.07, 6.45) is 4.10. The van der Waals surface area contributed by atoms with Gasteiger partial charge in [0, 0.05) is 24.3 Å². The molecule has 1 saturated carbocycles. The molecule has 2 aliphatic rings. The van der Waals surface area contributed by atoms with Gasteiger partial charge in [0.05, 0.1) is 6.04 Å². The van der Waals surface area contributed by atoms with Gasteiger partial charge in [0.25, 0.3) is 0 Å². The van der Waals surface area contributed by atoms with E-state index in [-0.39, 0.29) is 11.9 Å². The normalized spacial score (nSPS) is 18.7. The Bertz CT molecular complexity index is 795. The summed E-state index contributed by atoms with van der Waals surface area (Å²) in [5.74, 6) is 2.90. The van der Waals surface area contributed by atoms with Gasteiger partial charge < -0.3 is 14.6 Å². The molecule has 2 aromatic rings. The molecule has 0 saturated heterocycles. The highest BCUT2D eigenvalue weighted by atomic mass is 16.5. The van der Waals surface area contributed by atoms with Crippen LogP contribution in [0.5, 0.6) is 5.75 Å². The number of benzene rings is 1. The maximum Gasteiger partial charge on any atom is 0.226 e. The fourth-order valence-corrected chi connectivity index (χ4v) is 3.20. The van der Waals surface area contributed by atoms with Crippen molar-refractivity contribution < 1.29 is 14.1 Å². The number of nitrogens with one attached hydrogen (secondary N) is 1. The number of aryl methyl sites for hydroxylation is 2. The zero-order valence-electron chi connectivity index (χ0n) is 14.7. The lowest BCUT2D eigenvalue weighted by atomic mass is 10.0. The smallest absolute Gasteiger partial charge is 0.226 e. The Morgan fingerprint density at radius 3 is 2.96 bits per heavy atom. The van der Waals surface area contributed by atoms with Gasteiger partial charge in [0.15, 0.2) is 5.82 Å². The van der Waals surface area contributed by atoms with Gasteiger partial charge in [-0.2, -0.15) is 4.98 Å². The number of carbonyl (C=O) groups is 1. The molecule has 4 rings (SSSR count). The van der Waals surface area contributed by atoms with E-state index in [1.54, 1.807) is 0 Å². The summed E-state index contributed by atoms with van der Waals surface area (Å²) in [6.45, 7) is 4.62. The summed E-state index contributed by atoms with van der Waals surface area (Å²) < 4.78 is 11.0. The second kappa shape index (κ2) is 6.50. The molecule has 1 N–H and O–H groups in total. The molecular weight excluding hydrogens is 318 g/mol. The summed E-state index contributed by atoms with van der Waals surface area (Å²) in [6, 6.07) is 4.06. The van der Waals surface area contributed by atoms with E-state index in [9.17, 15) is 4.79 Å². The Labute approximate surface area is 147 Å². The van der Waals surface area contributed by atoms with Crippen LogP contribution in [-0.2, 0) is 11.2 Å². The van der Waals surface area contributed by atoms with Gasteiger partial charge in [-0.25, -0.2) is 0 Å². The van der Waals surface area contributed by atoms with Crippen LogP contribution in [0, 0.1) is 13.8 Å². The molecule has 0 bridgehead atoms. The highest BCUT2D eigenvalue weighted by Crippen LogP contribution is 2.38. The van der Waals surface area contributed by atoms with Gasteiger partial charge in [0.2, 0.25) is 11.8 Å². The minimum absolute atomic E-state index is 0.0293. The van der Waals surface area contributed by atoms with Crippen molar-refractivity contribution in [3.05, 3.63) is 40.5 Å². The van der Waals surface area contributed by atoms with Crippen molar-refractivity contribution in [3.63, 3.8) is 0 Å². The van der Waals surface area contributed by atoms with E-state index in [4.69, 9.17) is 9.26 Å². The molecule has 0 radical (unpaired) electrons. The number of amides is 1. The van der Waals surface area contributed by atoms with Crippen molar-refractivity contribution >= 4 is 5.91 Å². The highest BCUT2D eigenvalue weighted by Gasteiger charge is 2.29. The van der Waals surface area contributed by atoms with Crippen molar-refractivity contribution in [2.75, 3.05) is 6.61 Å². The van der Waals surface area contributed by atoms with Crippen LogP contribution < -0.4 is 10.1 Å². The van der Waals surface area contributed by atoms with E-state index in [0.717, 1.165) is 35.5 Å². The number of rotatable bonds is 6. The number of hydrogen-bond donors (Lipinski definition) is 1. The lowest BCUT2D eigenvalue weighted by Crippen LogP contribution is -2.29. The van der Waals surface area contributed by atoms with Gasteiger partial charge >= 0.3 is 0 Å². The molecule has 2 heterocycles. The average Bonchev–Trinajstić information content (AvgIpc) is 3.20. The van der Waals surface area contributed by atoms with Crippen molar-refractivity contribution in [2.24, 2.45) is 0 Å². The summed E-state index contributed by atoms with van der Waals surface area (Å²) in [4.78, 5) is 16.6. The van der Waals surface area contributed by atoms with Gasteiger partial charge in [-0.15, -0.1) is 0 Å². The minimum Gasteiger partial charge on any atom is -0.490 e. The van der Waals surface area contributed by atoms with Gasteiger partial charge in [0.1, 0.15) is 12.4 Å².